The number of fused-ring (bicyclic) bond motifs is 1. The number of aryl methyl sites for hydroxylation is 1. The number of H-pyrrole nitrogens is 1. The van der Waals surface area contributed by atoms with Gasteiger partial charge in [0.15, 0.2) is 6.61 Å². The normalized spacial score (nSPS) is 10.4. The van der Waals surface area contributed by atoms with Crippen LogP contribution in [0.5, 0.6) is 0 Å². The van der Waals surface area contributed by atoms with Gasteiger partial charge in [0, 0.05) is 22.7 Å². The van der Waals surface area contributed by atoms with E-state index in [0.29, 0.717) is 16.6 Å². The van der Waals surface area contributed by atoms with E-state index in [4.69, 9.17) is 4.74 Å². The number of hydrogen-bond donors (Lipinski definition) is 3. The molecule has 8 nitrogen and oxygen atoms in total. The lowest BCUT2D eigenvalue weighted by atomic mass is 10.1. The molecule has 1 aromatic heterocycles. The van der Waals surface area contributed by atoms with Gasteiger partial charge in [-0.1, -0.05) is 43.3 Å². The minimum atomic E-state index is -0.797. The molecule has 0 saturated carbocycles. The van der Waals surface area contributed by atoms with Crippen molar-refractivity contribution in [1.29, 1.82) is 0 Å². The first-order valence-corrected chi connectivity index (χ1v) is 9.41. The van der Waals surface area contributed by atoms with Crippen LogP contribution in [-0.4, -0.2) is 35.9 Å². The summed E-state index contributed by atoms with van der Waals surface area (Å²) in [7, 11) is 0. The van der Waals surface area contributed by atoms with Gasteiger partial charge in [0.1, 0.15) is 0 Å². The molecule has 2 amide bonds. The van der Waals surface area contributed by atoms with Gasteiger partial charge in [-0.3, -0.25) is 14.4 Å². The van der Waals surface area contributed by atoms with Gasteiger partial charge in [-0.25, -0.2) is 4.79 Å². The predicted molar refractivity (Wildman–Crippen MR) is 112 cm³/mol. The number of anilines is 1. The summed E-state index contributed by atoms with van der Waals surface area (Å²) in [6.07, 6.45) is 0.760. The molecule has 0 saturated heterocycles. The van der Waals surface area contributed by atoms with Gasteiger partial charge in [-0.05, 0) is 24.1 Å². The number of pyridine rings is 1. The molecule has 0 aliphatic rings. The van der Waals surface area contributed by atoms with E-state index in [0.717, 1.165) is 18.1 Å². The van der Waals surface area contributed by atoms with Gasteiger partial charge in [-0.2, -0.15) is 0 Å². The van der Waals surface area contributed by atoms with Crippen LogP contribution in [0.4, 0.5) is 5.69 Å². The first-order chi connectivity index (χ1) is 14.5. The number of hydrogen-bond acceptors (Lipinski definition) is 5. The van der Waals surface area contributed by atoms with Crippen molar-refractivity contribution < 1.29 is 19.1 Å². The molecular weight excluding hydrogens is 386 g/mol. The number of nitrogens with one attached hydrogen (secondary N) is 3. The summed E-state index contributed by atoms with van der Waals surface area (Å²) in [4.78, 5) is 50.7. The Morgan fingerprint density at radius 3 is 2.53 bits per heavy atom. The zero-order valence-electron chi connectivity index (χ0n) is 16.4. The summed E-state index contributed by atoms with van der Waals surface area (Å²) >= 11 is 0. The minimum absolute atomic E-state index is 0.0658. The number of rotatable bonds is 7. The molecule has 0 aliphatic carbocycles. The number of esters is 1. The molecule has 30 heavy (non-hydrogen) atoms. The van der Waals surface area contributed by atoms with Gasteiger partial charge in [0.25, 0.3) is 5.91 Å². The van der Waals surface area contributed by atoms with Gasteiger partial charge < -0.3 is 20.4 Å². The molecule has 0 unspecified atom stereocenters. The summed E-state index contributed by atoms with van der Waals surface area (Å²) in [6, 6.07) is 15.3. The van der Waals surface area contributed by atoms with Crippen LogP contribution in [0.2, 0.25) is 0 Å². The van der Waals surface area contributed by atoms with Crippen molar-refractivity contribution in [2.75, 3.05) is 18.5 Å². The van der Waals surface area contributed by atoms with E-state index >= 15 is 0 Å². The average Bonchev–Trinajstić information content (AvgIpc) is 2.75. The average molecular weight is 407 g/mol. The number of benzene rings is 2. The second-order valence-electron chi connectivity index (χ2n) is 6.50. The van der Waals surface area contributed by atoms with Crippen molar-refractivity contribution in [1.82, 2.24) is 10.3 Å². The number of para-hydroxylation sites is 2. The molecule has 3 rings (SSSR count). The largest absolute Gasteiger partial charge is 0.452 e. The molecule has 0 aliphatic heterocycles. The molecule has 2 aromatic carbocycles. The monoisotopic (exact) mass is 407 g/mol. The molecule has 0 fully saturated rings. The Morgan fingerprint density at radius 1 is 1.00 bits per heavy atom. The smallest absolute Gasteiger partial charge is 0.339 e. The maximum absolute atomic E-state index is 12.3. The number of ether oxygens (including phenoxy) is 1. The van der Waals surface area contributed by atoms with Crippen molar-refractivity contribution in [3.05, 3.63) is 76.1 Å². The standard InChI is InChI=1S/C22H21N3O5/c1-2-14-7-3-5-9-17(14)24-20(27)12-23-21(28)13-30-22(29)16-11-19(26)25-18-10-6-4-8-15(16)18/h3-11H,2,12-13H2,1H3,(H,23,28)(H,24,27)(H,25,26). The highest BCUT2D eigenvalue weighted by Gasteiger charge is 2.15. The SMILES string of the molecule is CCc1ccccc1NC(=O)CNC(=O)COC(=O)c1cc(=O)[nH]c2ccccc12. The van der Waals surface area contributed by atoms with Crippen LogP contribution >= 0.6 is 0 Å². The van der Waals surface area contributed by atoms with Crippen molar-refractivity contribution in [3.63, 3.8) is 0 Å². The van der Waals surface area contributed by atoms with E-state index in [1.807, 2.05) is 25.1 Å². The third-order valence-corrected chi connectivity index (χ3v) is 4.42. The van der Waals surface area contributed by atoms with Crippen molar-refractivity contribution in [3.8, 4) is 0 Å². The van der Waals surface area contributed by atoms with E-state index in [1.165, 1.54) is 0 Å². The number of carbonyl (C=O) groups is 3. The van der Waals surface area contributed by atoms with Crippen molar-refractivity contribution in [2.24, 2.45) is 0 Å². The highest BCUT2D eigenvalue weighted by Crippen LogP contribution is 2.16. The van der Waals surface area contributed by atoms with Gasteiger partial charge >= 0.3 is 5.97 Å². The molecule has 1 heterocycles. The van der Waals surface area contributed by atoms with Crippen molar-refractivity contribution >= 4 is 34.4 Å². The summed E-state index contributed by atoms with van der Waals surface area (Å²) in [5.41, 5.74) is 1.78. The first kappa shape index (κ1) is 20.8. The number of aromatic amines is 1. The molecule has 8 heteroatoms. The van der Waals surface area contributed by atoms with E-state index in [-0.39, 0.29) is 12.1 Å². The van der Waals surface area contributed by atoms with E-state index in [9.17, 15) is 19.2 Å². The molecule has 0 bridgehead atoms. The number of carbonyl (C=O) groups excluding carboxylic acids is 3. The van der Waals surface area contributed by atoms with Gasteiger partial charge in [0.2, 0.25) is 11.5 Å². The zero-order chi connectivity index (χ0) is 21.5. The highest BCUT2D eigenvalue weighted by atomic mass is 16.5. The molecule has 0 radical (unpaired) electrons. The molecular formula is C22H21N3O5. The Labute approximate surface area is 172 Å². The minimum Gasteiger partial charge on any atom is -0.452 e. The van der Waals surface area contributed by atoms with Crippen LogP contribution in [0.3, 0.4) is 0 Å². The van der Waals surface area contributed by atoms with Crippen LogP contribution in [0.25, 0.3) is 10.9 Å². The Bertz CT molecular complexity index is 1150. The van der Waals surface area contributed by atoms with Gasteiger partial charge in [0.05, 0.1) is 12.1 Å². The van der Waals surface area contributed by atoms with E-state index in [1.54, 1.807) is 30.3 Å². The van der Waals surface area contributed by atoms with E-state index in [2.05, 4.69) is 15.6 Å². The van der Waals surface area contributed by atoms with Crippen molar-refractivity contribution in [2.45, 2.75) is 13.3 Å². The lowest BCUT2D eigenvalue weighted by Crippen LogP contribution is -2.35. The predicted octanol–water partition coefficient (Wildman–Crippen LogP) is 2.00. The van der Waals surface area contributed by atoms with Crippen LogP contribution in [-0.2, 0) is 20.7 Å². The third kappa shape index (κ3) is 5.11. The van der Waals surface area contributed by atoms with Crippen LogP contribution in [0.15, 0.2) is 59.4 Å². The Hall–Kier alpha value is -3.94. The summed E-state index contributed by atoms with van der Waals surface area (Å²) < 4.78 is 5.00. The number of aromatic nitrogens is 1. The third-order valence-electron chi connectivity index (χ3n) is 4.42. The summed E-state index contributed by atoms with van der Waals surface area (Å²) in [5, 5.41) is 5.64. The Morgan fingerprint density at radius 2 is 1.73 bits per heavy atom. The zero-order valence-corrected chi connectivity index (χ0v) is 16.4. The topological polar surface area (TPSA) is 117 Å². The number of amides is 2. The fourth-order valence-corrected chi connectivity index (χ4v) is 2.96. The Kier molecular flexibility index (Phi) is 6.59. The lowest BCUT2D eigenvalue weighted by Gasteiger charge is -2.11. The van der Waals surface area contributed by atoms with Crippen LogP contribution in [0, 0.1) is 0 Å². The van der Waals surface area contributed by atoms with Crippen LogP contribution in [0.1, 0.15) is 22.8 Å². The summed E-state index contributed by atoms with van der Waals surface area (Å²) in [5.74, 6) is -1.82. The second-order valence-corrected chi connectivity index (χ2v) is 6.50. The first-order valence-electron chi connectivity index (χ1n) is 9.41. The second kappa shape index (κ2) is 9.51. The molecule has 154 valence electrons. The lowest BCUT2D eigenvalue weighted by molar-refractivity contribution is -0.126. The maximum atomic E-state index is 12.3. The fraction of sp³-hybridized carbons (Fsp3) is 0.182. The molecule has 0 atom stereocenters. The summed E-state index contributed by atoms with van der Waals surface area (Å²) in [6.45, 7) is 1.14. The quantitative estimate of drug-likeness (QED) is 0.518. The Balaban J connectivity index is 1.53. The van der Waals surface area contributed by atoms with Gasteiger partial charge in [-0.15, -0.1) is 0 Å². The van der Waals surface area contributed by atoms with Crippen LogP contribution < -0.4 is 16.2 Å². The molecule has 3 N–H and O–H groups in total. The molecule has 0 spiro atoms. The van der Waals surface area contributed by atoms with E-state index < -0.39 is 29.9 Å². The highest BCUT2D eigenvalue weighted by molar-refractivity contribution is 6.03. The maximum Gasteiger partial charge on any atom is 0.339 e. The molecule has 3 aromatic rings. The fourth-order valence-electron chi connectivity index (χ4n) is 2.96.